The lowest BCUT2D eigenvalue weighted by atomic mass is 10.2. The van der Waals surface area contributed by atoms with Crippen LogP contribution < -0.4 is 5.32 Å². The molecule has 1 atom stereocenters. The summed E-state index contributed by atoms with van der Waals surface area (Å²) >= 11 is 4.64. The summed E-state index contributed by atoms with van der Waals surface area (Å²) in [6, 6.07) is 0. The molecule has 102 valence electrons. The van der Waals surface area contributed by atoms with Crippen LogP contribution >= 0.6 is 27.5 Å². The van der Waals surface area contributed by atoms with Crippen molar-refractivity contribution in [3.63, 3.8) is 0 Å². The highest BCUT2D eigenvalue weighted by Crippen LogP contribution is 2.12. The van der Waals surface area contributed by atoms with Gasteiger partial charge in [-0.05, 0) is 24.4 Å². The normalized spacial score (nSPS) is 12.4. The number of hydrogen-bond donors (Lipinski definition) is 1. The highest BCUT2D eigenvalue weighted by atomic mass is 79.9. The fourth-order valence-electron chi connectivity index (χ4n) is 1.47. The van der Waals surface area contributed by atoms with E-state index < -0.39 is 0 Å². The molecule has 0 saturated heterocycles. The van der Waals surface area contributed by atoms with E-state index in [2.05, 4.69) is 37.8 Å². The van der Waals surface area contributed by atoms with Gasteiger partial charge in [-0.3, -0.25) is 4.79 Å². The van der Waals surface area contributed by atoms with Gasteiger partial charge in [0.2, 0.25) is 0 Å². The molecule has 1 amide bonds. The minimum absolute atomic E-state index is 0.0782. The highest BCUT2D eigenvalue weighted by molar-refractivity contribution is 9.09. The molecule has 0 fully saturated rings. The zero-order chi connectivity index (χ0) is 13.4. The zero-order valence-corrected chi connectivity index (χ0v) is 13.0. The number of carbonyl (C=O) groups excluding carboxylic acids is 1. The highest BCUT2D eigenvalue weighted by Gasteiger charge is 2.15. The number of aromatic nitrogens is 2. The van der Waals surface area contributed by atoms with Crippen molar-refractivity contribution in [1.29, 1.82) is 0 Å². The van der Waals surface area contributed by atoms with Crippen LogP contribution in [0, 0.1) is 0 Å². The lowest BCUT2D eigenvalue weighted by Crippen LogP contribution is -2.27. The summed E-state index contributed by atoms with van der Waals surface area (Å²) in [5.41, 5.74) is 0.798. The molecule has 1 N–H and O–H groups in total. The lowest BCUT2D eigenvalue weighted by Gasteiger charge is -2.09. The second-order valence-corrected chi connectivity index (χ2v) is 5.95. The Morgan fingerprint density at radius 1 is 1.61 bits per heavy atom. The topological polar surface area (TPSA) is 64.1 Å². The Morgan fingerprint density at radius 2 is 2.39 bits per heavy atom. The molecule has 1 unspecified atom stereocenters. The van der Waals surface area contributed by atoms with E-state index in [-0.39, 0.29) is 10.7 Å². The minimum atomic E-state index is -0.0782. The van der Waals surface area contributed by atoms with E-state index >= 15 is 0 Å². The average molecular weight is 336 g/mol. The predicted octanol–water partition coefficient (Wildman–Crippen LogP) is 2.02. The number of halogens is 1. The second kappa shape index (κ2) is 8.55. The molecule has 0 aromatic carbocycles. The maximum Gasteiger partial charge on any atom is 0.264 e. The number of alkyl halides is 1. The molecule has 7 heteroatoms. The first kappa shape index (κ1) is 15.5. The molecule has 1 rings (SSSR count). The Labute approximate surface area is 120 Å². The van der Waals surface area contributed by atoms with Gasteiger partial charge in [-0.25, -0.2) is 0 Å². The number of nitrogens with zero attached hydrogens (tertiary/aromatic N) is 2. The van der Waals surface area contributed by atoms with Crippen LogP contribution in [0.5, 0.6) is 0 Å². The van der Waals surface area contributed by atoms with E-state index in [9.17, 15) is 4.79 Å². The molecule has 0 aliphatic rings. The van der Waals surface area contributed by atoms with E-state index in [1.165, 1.54) is 0 Å². The Hall–Kier alpha value is -0.530. The predicted molar refractivity (Wildman–Crippen MR) is 75.4 cm³/mol. The SMILES string of the molecule is CCCc1nnsc1C(=O)NCCC(Br)COC. The minimum Gasteiger partial charge on any atom is -0.384 e. The van der Waals surface area contributed by atoms with Gasteiger partial charge in [0.05, 0.1) is 12.3 Å². The van der Waals surface area contributed by atoms with Gasteiger partial charge in [0, 0.05) is 18.5 Å². The smallest absolute Gasteiger partial charge is 0.264 e. The van der Waals surface area contributed by atoms with Crippen molar-refractivity contribution in [3.05, 3.63) is 10.6 Å². The Balaban J connectivity index is 2.38. The van der Waals surface area contributed by atoms with Crippen LogP contribution in [-0.2, 0) is 11.2 Å². The van der Waals surface area contributed by atoms with E-state index in [1.54, 1.807) is 7.11 Å². The van der Waals surface area contributed by atoms with Crippen molar-refractivity contribution in [2.75, 3.05) is 20.3 Å². The number of ether oxygens (including phenoxy) is 1. The third-order valence-electron chi connectivity index (χ3n) is 2.34. The lowest BCUT2D eigenvalue weighted by molar-refractivity contribution is 0.0955. The van der Waals surface area contributed by atoms with E-state index in [0.29, 0.717) is 18.0 Å². The average Bonchev–Trinajstić information content (AvgIpc) is 2.78. The first-order valence-corrected chi connectivity index (χ1v) is 7.60. The first-order chi connectivity index (χ1) is 8.69. The largest absolute Gasteiger partial charge is 0.384 e. The summed E-state index contributed by atoms with van der Waals surface area (Å²) < 4.78 is 8.84. The van der Waals surface area contributed by atoms with E-state index in [0.717, 1.165) is 36.5 Å². The van der Waals surface area contributed by atoms with Gasteiger partial charge in [0.25, 0.3) is 5.91 Å². The maximum absolute atomic E-state index is 11.9. The number of rotatable bonds is 8. The van der Waals surface area contributed by atoms with Gasteiger partial charge >= 0.3 is 0 Å². The molecule has 1 aromatic rings. The molecule has 0 spiro atoms. The number of hydrogen-bond acceptors (Lipinski definition) is 5. The van der Waals surface area contributed by atoms with Crippen molar-refractivity contribution in [3.8, 4) is 0 Å². The van der Waals surface area contributed by atoms with Crippen LogP contribution in [0.3, 0.4) is 0 Å². The van der Waals surface area contributed by atoms with Crippen molar-refractivity contribution < 1.29 is 9.53 Å². The third-order valence-corrected chi connectivity index (χ3v) is 3.83. The van der Waals surface area contributed by atoms with Crippen LogP contribution in [0.15, 0.2) is 0 Å². The molecule has 5 nitrogen and oxygen atoms in total. The molecule has 0 saturated carbocycles. The number of aryl methyl sites for hydroxylation is 1. The fourth-order valence-corrected chi connectivity index (χ4v) is 2.59. The third kappa shape index (κ3) is 4.99. The molecule has 0 aliphatic heterocycles. The van der Waals surface area contributed by atoms with Crippen LogP contribution in [0.4, 0.5) is 0 Å². The van der Waals surface area contributed by atoms with Crippen molar-refractivity contribution in [2.24, 2.45) is 0 Å². The van der Waals surface area contributed by atoms with Gasteiger partial charge in [-0.15, -0.1) is 5.10 Å². The zero-order valence-electron chi connectivity index (χ0n) is 10.6. The van der Waals surface area contributed by atoms with Gasteiger partial charge in [-0.1, -0.05) is 33.8 Å². The summed E-state index contributed by atoms with van der Waals surface area (Å²) in [7, 11) is 1.66. The molecule has 1 heterocycles. The van der Waals surface area contributed by atoms with E-state index in [4.69, 9.17) is 4.74 Å². The van der Waals surface area contributed by atoms with Gasteiger partial charge in [0.1, 0.15) is 4.88 Å². The molecular weight excluding hydrogens is 318 g/mol. The Kier molecular flexibility index (Phi) is 7.38. The second-order valence-electron chi connectivity index (χ2n) is 3.90. The monoisotopic (exact) mass is 335 g/mol. The van der Waals surface area contributed by atoms with Crippen LogP contribution in [0.2, 0.25) is 0 Å². The quantitative estimate of drug-likeness (QED) is 0.738. The molecule has 0 radical (unpaired) electrons. The van der Waals surface area contributed by atoms with Crippen molar-refractivity contribution >= 4 is 33.4 Å². The number of amides is 1. The Morgan fingerprint density at radius 3 is 3.06 bits per heavy atom. The van der Waals surface area contributed by atoms with Crippen LogP contribution in [-0.4, -0.2) is 40.6 Å². The first-order valence-electron chi connectivity index (χ1n) is 5.91. The van der Waals surface area contributed by atoms with Gasteiger partial charge in [-0.2, -0.15) is 0 Å². The Bertz CT molecular complexity index is 373. The number of methoxy groups -OCH3 is 1. The summed E-state index contributed by atoms with van der Waals surface area (Å²) in [5, 5.41) is 6.86. The molecule has 0 bridgehead atoms. The number of nitrogens with one attached hydrogen (secondary N) is 1. The summed E-state index contributed by atoms with van der Waals surface area (Å²) in [6.07, 6.45) is 2.59. The van der Waals surface area contributed by atoms with Crippen molar-refractivity contribution in [1.82, 2.24) is 14.9 Å². The fraction of sp³-hybridized carbons (Fsp3) is 0.727. The maximum atomic E-state index is 11.9. The standard InChI is InChI=1S/C11H18BrN3O2S/c1-3-4-9-10(18-15-14-9)11(16)13-6-5-8(12)7-17-2/h8H,3-7H2,1-2H3,(H,13,16). The van der Waals surface area contributed by atoms with E-state index in [1.807, 2.05) is 0 Å². The van der Waals surface area contributed by atoms with Crippen LogP contribution in [0.25, 0.3) is 0 Å². The van der Waals surface area contributed by atoms with Crippen molar-refractivity contribution in [2.45, 2.75) is 31.0 Å². The van der Waals surface area contributed by atoms with Crippen LogP contribution in [0.1, 0.15) is 35.1 Å². The number of carbonyl (C=O) groups is 1. The van der Waals surface area contributed by atoms with Gasteiger partial charge < -0.3 is 10.1 Å². The summed E-state index contributed by atoms with van der Waals surface area (Å²) in [5.74, 6) is -0.0782. The molecule has 18 heavy (non-hydrogen) atoms. The molecule has 0 aliphatic carbocycles. The molecular formula is C11H18BrN3O2S. The summed E-state index contributed by atoms with van der Waals surface area (Å²) in [4.78, 5) is 12.8. The molecule has 1 aromatic heterocycles. The summed E-state index contributed by atoms with van der Waals surface area (Å²) in [6.45, 7) is 3.31. The van der Waals surface area contributed by atoms with Gasteiger partial charge in [0.15, 0.2) is 0 Å².